The first-order chi connectivity index (χ1) is 10.4. The summed E-state index contributed by atoms with van der Waals surface area (Å²) in [6.45, 7) is 0. The summed E-state index contributed by atoms with van der Waals surface area (Å²) in [5.74, 6) is 0.614. The average Bonchev–Trinajstić information content (AvgIpc) is 3.06. The quantitative estimate of drug-likeness (QED) is 0.856. The van der Waals surface area contributed by atoms with Crippen molar-refractivity contribution < 1.29 is 12.9 Å². The fraction of sp³-hybridized carbons (Fsp3) is 0.429. The molecule has 126 valence electrons. The van der Waals surface area contributed by atoms with Crippen LogP contribution in [-0.2, 0) is 21.3 Å². The second-order valence-electron chi connectivity index (χ2n) is 5.79. The molecule has 1 fully saturated rings. The van der Waals surface area contributed by atoms with E-state index in [9.17, 15) is 8.42 Å². The molecule has 4 N–H and O–H groups in total. The third-order valence-electron chi connectivity index (χ3n) is 3.91. The largest absolute Gasteiger partial charge is 0.334 e. The maximum atomic E-state index is 11.2. The molecule has 1 heterocycles. The fourth-order valence-corrected chi connectivity index (χ4v) is 3.44. The van der Waals surface area contributed by atoms with Gasteiger partial charge < -0.3 is 10.3 Å². The molecule has 0 unspecified atom stereocenters. The van der Waals surface area contributed by atoms with Gasteiger partial charge in [-0.1, -0.05) is 30.1 Å². The van der Waals surface area contributed by atoms with E-state index in [1.807, 2.05) is 0 Å². The molecular weight excluding hydrogens is 340 g/mol. The molecule has 1 aliphatic rings. The Morgan fingerprint density at radius 3 is 2.61 bits per heavy atom. The Balaban J connectivity index is 0.00000192. The number of nitrogens with zero attached hydrogens (tertiary/aromatic N) is 2. The molecule has 0 bridgehead atoms. The number of halogens is 1. The van der Waals surface area contributed by atoms with Crippen molar-refractivity contribution in [3.8, 4) is 11.5 Å². The lowest BCUT2D eigenvalue weighted by molar-refractivity contribution is 0.372. The number of rotatable bonds is 4. The molecule has 0 aliphatic heterocycles. The summed E-state index contributed by atoms with van der Waals surface area (Å²) in [5.41, 5.74) is 7.02. The minimum absolute atomic E-state index is 0. The zero-order chi connectivity index (χ0) is 15.8. The first-order valence-electron chi connectivity index (χ1n) is 7.09. The van der Waals surface area contributed by atoms with Gasteiger partial charge >= 0.3 is 0 Å². The third kappa shape index (κ3) is 4.08. The summed E-state index contributed by atoms with van der Waals surface area (Å²) in [7, 11) is -3.58. The molecule has 0 spiro atoms. The minimum atomic E-state index is -3.58. The van der Waals surface area contributed by atoms with Gasteiger partial charge in [0.1, 0.15) is 0 Å². The SMILES string of the molecule is Cl.NC1(c2noc(-c3cccc(CS(N)(=O)=O)c3)n2)CCCC1. The highest BCUT2D eigenvalue weighted by Crippen LogP contribution is 2.35. The predicted molar refractivity (Wildman–Crippen MR) is 88.1 cm³/mol. The number of hydrogen-bond acceptors (Lipinski definition) is 6. The maximum absolute atomic E-state index is 11.2. The summed E-state index contributed by atoms with van der Waals surface area (Å²) in [5, 5.41) is 9.06. The van der Waals surface area contributed by atoms with Crippen molar-refractivity contribution in [1.82, 2.24) is 10.1 Å². The highest BCUT2D eigenvalue weighted by molar-refractivity contribution is 7.88. The molecule has 7 nitrogen and oxygen atoms in total. The van der Waals surface area contributed by atoms with E-state index in [0.717, 1.165) is 25.7 Å². The lowest BCUT2D eigenvalue weighted by atomic mass is 9.98. The van der Waals surface area contributed by atoms with Gasteiger partial charge in [-0.2, -0.15) is 4.98 Å². The average molecular weight is 359 g/mol. The molecule has 3 rings (SSSR count). The van der Waals surface area contributed by atoms with Gasteiger partial charge in [0.15, 0.2) is 5.82 Å². The lowest BCUT2D eigenvalue weighted by Crippen LogP contribution is -2.34. The van der Waals surface area contributed by atoms with Crippen LogP contribution in [0.5, 0.6) is 0 Å². The molecule has 9 heteroatoms. The summed E-state index contributed by atoms with van der Waals surface area (Å²) in [4.78, 5) is 4.39. The Morgan fingerprint density at radius 1 is 1.26 bits per heavy atom. The second kappa shape index (κ2) is 6.56. The van der Waals surface area contributed by atoms with Crippen LogP contribution in [-0.4, -0.2) is 18.6 Å². The number of primary sulfonamides is 1. The van der Waals surface area contributed by atoms with Crippen LogP contribution in [0.1, 0.15) is 37.1 Å². The van der Waals surface area contributed by atoms with Crippen molar-refractivity contribution in [3.05, 3.63) is 35.7 Å². The minimum Gasteiger partial charge on any atom is -0.334 e. The van der Waals surface area contributed by atoms with Gasteiger partial charge in [0, 0.05) is 5.56 Å². The standard InChI is InChI=1S/C14H18N4O3S.ClH/c15-14(6-1-2-7-14)13-17-12(21-18-13)11-5-3-4-10(8-11)9-22(16,19)20;/h3-5,8H,1-2,6-7,9,15H2,(H2,16,19,20);1H. The van der Waals surface area contributed by atoms with Crippen LogP contribution in [0.15, 0.2) is 28.8 Å². The smallest absolute Gasteiger partial charge is 0.258 e. The van der Waals surface area contributed by atoms with Gasteiger partial charge in [-0.3, -0.25) is 0 Å². The highest BCUT2D eigenvalue weighted by atomic mass is 35.5. The van der Waals surface area contributed by atoms with Crippen molar-refractivity contribution >= 4 is 22.4 Å². The van der Waals surface area contributed by atoms with E-state index < -0.39 is 15.6 Å². The van der Waals surface area contributed by atoms with Crippen LogP contribution < -0.4 is 10.9 Å². The van der Waals surface area contributed by atoms with Crippen LogP contribution >= 0.6 is 12.4 Å². The molecule has 1 aromatic heterocycles. The first kappa shape index (κ1) is 17.9. The molecular formula is C14H19ClN4O3S. The van der Waals surface area contributed by atoms with Crippen LogP contribution in [0.4, 0.5) is 0 Å². The van der Waals surface area contributed by atoms with E-state index in [1.165, 1.54) is 0 Å². The molecule has 1 aliphatic carbocycles. The van der Waals surface area contributed by atoms with E-state index >= 15 is 0 Å². The summed E-state index contributed by atoms with van der Waals surface area (Å²) >= 11 is 0. The number of nitrogens with two attached hydrogens (primary N) is 2. The number of hydrogen-bond donors (Lipinski definition) is 2. The van der Waals surface area contributed by atoms with Gasteiger partial charge in [-0.25, -0.2) is 13.6 Å². The summed E-state index contributed by atoms with van der Waals surface area (Å²) < 4.78 is 27.6. The molecule has 2 aromatic rings. The summed E-state index contributed by atoms with van der Waals surface area (Å²) in [6, 6.07) is 6.88. The Hall–Kier alpha value is -1.48. The molecule has 1 aromatic carbocycles. The van der Waals surface area contributed by atoms with E-state index in [4.69, 9.17) is 15.4 Å². The maximum Gasteiger partial charge on any atom is 0.258 e. The van der Waals surface area contributed by atoms with Gasteiger partial charge in [-0.15, -0.1) is 12.4 Å². The molecule has 0 amide bonds. The molecule has 0 radical (unpaired) electrons. The first-order valence-corrected chi connectivity index (χ1v) is 8.80. The van der Waals surface area contributed by atoms with Crippen molar-refractivity contribution in [2.45, 2.75) is 37.0 Å². The Kier molecular flexibility index (Phi) is 5.10. The van der Waals surface area contributed by atoms with Crippen molar-refractivity contribution in [1.29, 1.82) is 0 Å². The zero-order valence-electron chi connectivity index (χ0n) is 12.4. The van der Waals surface area contributed by atoms with E-state index in [1.54, 1.807) is 24.3 Å². The van der Waals surface area contributed by atoms with Gasteiger partial charge in [-0.05, 0) is 30.5 Å². The number of aromatic nitrogens is 2. The van der Waals surface area contributed by atoms with E-state index in [2.05, 4.69) is 10.1 Å². The molecule has 1 saturated carbocycles. The van der Waals surface area contributed by atoms with Gasteiger partial charge in [0.2, 0.25) is 10.0 Å². The van der Waals surface area contributed by atoms with Crippen molar-refractivity contribution in [3.63, 3.8) is 0 Å². The van der Waals surface area contributed by atoms with Crippen LogP contribution in [0.25, 0.3) is 11.5 Å². The van der Waals surface area contributed by atoms with Crippen molar-refractivity contribution in [2.24, 2.45) is 10.9 Å². The van der Waals surface area contributed by atoms with Crippen LogP contribution in [0.3, 0.4) is 0 Å². The fourth-order valence-electron chi connectivity index (χ4n) is 2.80. The van der Waals surface area contributed by atoms with Crippen LogP contribution in [0, 0.1) is 0 Å². The van der Waals surface area contributed by atoms with Gasteiger partial charge in [0.25, 0.3) is 5.89 Å². The second-order valence-corrected chi connectivity index (χ2v) is 7.41. The monoisotopic (exact) mass is 358 g/mol. The molecule has 0 atom stereocenters. The van der Waals surface area contributed by atoms with Crippen molar-refractivity contribution in [2.75, 3.05) is 0 Å². The Morgan fingerprint density at radius 2 is 1.96 bits per heavy atom. The topological polar surface area (TPSA) is 125 Å². The molecule has 23 heavy (non-hydrogen) atoms. The predicted octanol–water partition coefficient (Wildman–Crippen LogP) is 1.67. The number of benzene rings is 1. The Labute approximate surface area is 140 Å². The van der Waals surface area contributed by atoms with Gasteiger partial charge in [0.05, 0.1) is 11.3 Å². The van der Waals surface area contributed by atoms with E-state index in [0.29, 0.717) is 22.8 Å². The molecule has 0 saturated heterocycles. The number of sulfonamides is 1. The highest BCUT2D eigenvalue weighted by Gasteiger charge is 2.36. The normalized spacial score (nSPS) is 17.0. The van der Waals surface area contributed by atoms with E-state index in [-0.39, 0.29) is 18.2 Å². The third-order valence-corrected chi connectivity index (χ3v) is 4.64. The lowest BCUT2D eigenvalue weighted by Gasteiger charge is -2.17. The summed E-state index contributed by atoms with van der Waals surface area (Å²) in [6.07, 6.45) is 3.81. The van der Waals surface area contributed by atoms with Crippen LogP contribution in [0.2, 0.25) is 0 Å². The Bertz CT molecular complexity index is 785. The zero-order valence-corrected chi connectivity index (χ0v) is 14.1.